The van der Waals surface area contributed by atoms with Crippen LogP contribution in [0.4, 0.5) is 5.69 Å². The minimum absolute atomic E-state index is 0.0415. The standard InChI is InChI=1S/C21H25N3O/c1-4-20-23-18-10-8-15(12-19(18)24-20)9-11-21(25)22-17-7-5-6-16(13-17)14(2)3/h5-8,10,12-14H,4,9,11H2,1-3H3,(H,22,25)(H,23,24). The summed E-state index contributed by atoms with van der Waals surface area (Å²) in [6.45, 7) is 6.38. The van der Waals surface area contributed by atoms with Crippen LogP contribution >= 0.6 is 0 Å². The van der Waals surface area contributed by atoms with Gasteiger partial charge in [-0.3, -0.25) is 4.79 Å². The largest absolute Gasteiger partial charge is 0.342 e. The zero-order valence-electron chi connectivity index (χ0n) is 15.1. The zero-order valence-corrected chi connectivity index (χ0v) is 15.1. The number of benzene rings is 2. The van der Waals surface area contributed by atoms with E-state index in [0.717, 1.165) is 34.5 Å². The van der Waals surface area contributed by atoms with E-state index in [2.05, 4.69) is 54.3 Å². The molecule has 130 valence electrons. The van der Waals surface area contributed by atoms with Gasteiger partial charge in [-0.15, -0.1) is 0 Å². The number of hydrogen-bond donors (Lipinski definition) is 2. The molecule has 0 aliphatic carbocycles. The van der Waals surface area contributed by atoms with Crippen LogP contribution in [0.1, 0.15) is 50.1 Å². The summed E-state index contributed by atoms with van der Waals surface area (Å²) in [5.74, 6) is 1.49. The van der Waals surface area contributed by atoms with Gasteiger partial charge in [0.25, 0.3) is 0 Å². The fraction of sp³-hybridized carbons (Fsp3) is 0.333. The second-order valence-electron chi connectivity index (χ2n) is 6.72. The van der Waals surface area contributed by atoms with Crippen molar-refractivity contribution in [2.45, 2.75) is 46.0 Å². The Morgan fingerprint density at radius 2 is 2.04 bits per heavy atom. The molecule has 1 aromatic heterocycles. The predicted octanol–water partition coefficient (Wildman–Crippen LogP) is 4.82. The van der Waals surface area contributed by atoms with Gasteiger partial charge in [-0.05, 0) is 47.7 Å². The van der Waals surface area contributed by atoms with E-state index < -0.39 is 0 Å². The van der Waals surface area contributed by atoms with Crippen LogP contribution in [0.15, 0.2) is 42.5 Å². The number of hydrogen-bond acceptors (Lipinski definition) is 2. The van der Waals surface area contributed by atoms with Crippen LogP contribution < -0.4 is 5.32 Å². The SMILES string of the molecule is CCc1nc2ccc(CCC(=O)Nc3cccc(C(C)C)c3)cc2[nH]1. The normalized spacial score (nSPS) is 11.2. The molecule has 2 N–H and O–H groups in total. The summed E-state index contributed by atoms with van der Waals surface area (Å²) in [7, 11) is 0. The summed E-state index contributed by atoms with van der Waals surface area (Å²) >= 11 is 0. The summed E-state index contributed by atoms with van der Waals surface area (Å²) in [4.78, 5) is 20.1. The molecule has 1 heterocycles. The molecule has 0 aliphatic rings. The second kappa shape index (κ2) is 7.51. The van der Waals surface area contributed by atoms with Gasteiger partial charge in [0, 0.05) is 18.5 Å². The molecule has 0 saturated carbocycles. The number of imidazole rings is 1. The van der Waals surface area contributed by atoms with E-state index >= 15 is 0 Å². The van der Waals surface area contributed by atoms with Gasteiger partial charge < -0.3 is 10.3 Å². The van der Waals surface area contributed by atoms with Crippen LogP contribution in [0.25, 0.3) is 11.0 Å². The van der Waals surface area contributed by atoms with Crippen LogP contribution in [0.2, 0.25) is 0 Å². The van der Waals surface area contributed by atoms with E-state index in [1.807, 2.05) is 24.3 Å². The van der Waals surface area contributed by atoms with Crippen molar-refractivity contribution in [3.63, 3.8) is 0 Å². The lowest BCUT2D eigenvalue weighted by atomic mass is 10.0. The summed E-state index contributed by atoms with van der Waals surface area (Å²) in [5.41, 5.74) is 5.27. The van der Waals surface area contributed by atoms with Gasteiger partial charge in [-0.25, -0.2) is 4.98 Å². The number of amides is 1. The highest BCUT2D eigenvalue weighted by Crippen LogP contribution is 2.19. The van der Waals surface area contributed by atoms with Gasteiger partial charge >= 0.3 is 0 Å². The highest BCUT2D eigenvalue weighted by atomic mass is 16.1. The fourth-order valence-electron chi connectivity index (χ4n) is 2.89. The monoisotopic (exact) mass is 335 g/mol. The molecule has 0 atom stereocenters. The van der Waals surface area contributed by atoms with Gasteiger partial charge in [0.2, 0.25) is 5.91 Å². The van der Waals surface area contributed by atoms with E-state index in [-0.39, 0.29) is 5.91 Å². The van der Waals surface area contributed by atoms with E-state index in [4.69, 9.17) is 0 Å². The van der Waals surface area contributed by atoms with Crippen LogP contribution in [0, 0.1) is 0 Å². The molecule has 4 heteroatoms. The molecule has 3 rings (SSSR count). The van der Waals surface area contributed by atoms with Crippen molar-refractivity contribution in [3.8, 4) is 0 Å². The molecule has 1 amide bonds. The van der Waals surface area contributed by atoms with Gasteiger partial charge in [0.15, 0.2) is 0 Å². The number of carbonyl (C=O) groups is 1. The van der Waals surface area contributed by atoms with E-state index in [9.17, 15) is 4.79 Å². The Balaban J connectivity index is 1.61. The molecule has 2 aromatic carbocycles. The first-order valence-corrected chi connectivity index (χ1v) is 8.92. The first-order chi connectivity index (χ1) is 12.0. The van der Waals surface area contributed by atoms with E-state index in [1.54, 1.807) is 0 Å². The number of rotatable bonds is 6. The Labute approximate surface area is 148 Å². The lowest BCUT2D eigenvalue weighted by Crippen LogP contribution is -2.12. The maximum Gasteiger partial charge on any atom is 0.224 e. The molecule has 0 bridgehead atoms. The average molecular weight is 335 g/mol. The highest BCUT2D eigenvalue weighted by molar-refractivity contribution is 5.91. The minimum Gasteiger partial charge on any atom is -0.342 e. The molecular formula is C21H25N3O. The number of aromatic nitrogens is 2. The van der Waals surface area contributed by atoms with Gasteiger partial charge in [0.05, 0.1) is 11.0 Å². The second-order valence-corrected chi connectivity index (χ2v) is 6.72. The zero-order chi connectivity index (χ0) is 17.8. The molecule has 4 nitrogen and oxygen atoms in total. The molecule has 3 aromatic rings. The van der Waals surface area contributed by atoms with Crippen molar-refractivity contribution in [3.05, 3.63) is 59.4 Å². The van der Waals surface area contributed by atoms with Gasteiger partial charge in [0.1, 0.15) is 5.82 Å². The third-order valence-corrected chi connectivity index (χ3v) is 4.41. The molecule has 0 saturated heterocycles. The third kappa shape index (κ3) is 4.27. The Bertz CT molecular complexity index is 880. The van der Waals surface area contributed by atoms with E-state index in [1.165, 1.54) is 5.56 Å². The highest BCUT2D eigenvalue weighted by Gasteiger charge is 2.07. The number of carbonyl (C=O) groups excluding carboxylic acids is 1. The minimum atomic E-state index is 0.0415. The number of aryl methyl sites for hydroxylation is 2. The van der Waals surface area contributed by atoms with Crippen molar-refractivity contribution < 1.29 is 4.79 Å². The molecule has 0 aliphatic heterocycles. The molecule has 0 unspecified atom stereocenters. The quantitative estimate of drug-likeness (QED) is 0.678. The van der Waals surface area contributed by atoms with Crippen molar-refractivity contribution in [1.82, 2.24) is 9.97 Å². The van der Waals surface area contributed by atoms with Crippen LogP contribution in [-0.2, 0) is 17.6 Å². The smallest absolute Gasteiger partial charge is 0.224 e. The predicted molar refractivity (Wildman–Crippen MR) is 103 cm³/mol. The Morgan fingerprint density at radius 3 is 2.80 bits per heavy atom. The topological polar surface area (TPSA) is 57.8 Å². The first kappa shape index (κ1) is 17.2. The molecule has 0 spiro atoms. The number of fused-ring (bicyclic) bond motifs is 1. The third-order valence-electron chi connectivity index (χ3n) is 4.41. The molecule has 0 radical (unpaired) electrons. The first-order valence-electron chi connectivity index (χ1n) is 8.92. The van der Waals surface area contributed by atoms with Crippen molar-refractivity contribution in [2.24, 2.45) is 0 Å². The summed E-state index contributed by atoms with van der Waals surface area (Å²) in [6, 6.07) is 14.2. The fourth-order valence-corrected chi connectivity index (χ4v) is 2.89. The van der Waals surface area contributed by atoms with Crippen LogP contribution in [-0.4, -0.2) is 15.9 Å². The number of aromatic amines is 1. The number of nitrogens with one attached hydrogen (secondary N) is 2. The van der Waals surface area contributed by atoms with Crippen LogP contribution in [0.3, 0.4) is 0 Å². The van der Waals surface area contributed by atoms with Gasteiger partial charge in [-0.2, -0.15) is 0 Å². The average Bonchev–Trinajstić information content (AvgIpc) is 3.02. The maximum absolute atomic E-state index is 12.2. The Kier molecular flexibility index (Phi) is 5.17. The van der Waals surface area contributed by atoms with Crippen LogP contribution in [0.5, 0.6) is 0 Å². The maximum atomic E-state index is 12.2. The van der Waals surface area contributed by atoms with Crippen molar-refractivity contribution in [2.75, 3.05) is 5.32 Å². The summed E-state index contributed by atoms with van der Waals surface area (Å²) in [5, 5.41) is 3.00. The molecular weight excluding hydrogens is 310 g/mol. The lowest BCUT2D eigenvalue weighted by molar-refractivity contribution is -0.116. The summed E-state index contributed by atoms with van der Waals surface area (Å²) < 4.78 is 0. The Morgan fingerprint density at radius 1 is 1.20 bits per heavy atom. The number of nitrogens with zero attached hydrogens (tertiary/aromatic N) is 1. The Hall–Kier alpha value is -2.62. The summed E-state index contributed by atoms with van der Waals surface area (Å²) in [6.07, 6.45) is 2.07. The number of anilines is 1. The molecule has 0 fully saturated rings. The van der Waals surface area contributed by atoms with Crippen molar-refractivity contribution >= 4 is 22.6 Å². The number of H-pyrrole nitrogens is 1. The lowest BCUT2D eigenvalue weighted by Gasteiger charge is -2.09. The van der Waals surface area contributed by atoms with Gasteiger partial charge in [-0.1, -0.05) is 39.0 Å². The molecule has 25 heavy (non-hydrogen) atoms. The van der Waals surface area contributed by atoms with Crippen molar-refractivity contribution in [1.29, 1.82) is 0 Å². The van der Waals surface area contributed by atoms with E-state index in [0.29, 0.717) is 18.8 Å².